The molecule has 0 fully saturated rings. The highest BCUT2D eigenvalue weighted by Crippen LogP contribution is 2.26. The van der Waals surface area contributed by atoms with Crippen LogP contribution in [-0.2, 0) is 6.61 Å². The fourth-order valence-electron chi connectivity index (χ4n) is 2.31. The van der Waals surface area contributed by atoms with Crippen LogP contribution in [0.5, 0.6) is 0 Å². The van der Waals surface area contributed by atoms with Crippen molar-refractivity contribution in [1.82, 2.24) is 4.90 Å². The summed E-state index contributed by atoms with van der Waals surface area (Å²) >= 11 is 5.97. The second-order valence-electron chi connectivity index (χ2n) is 4.83. The topological polar surface area (TPSA) is 26.7 Å². The van der Waals surface area contributed by atoms with Crippen molar-refractivity contribution in [3.63, 3.8) is 0 Å². The van der Waals surface area contributed by atoms with Crippen molar-refractivity contribution in [2.45, 2.75) is 26.5 Å². The van der Waals surface area contributed by atoms with Gasteiger partial charge in [-0.2, -0.15) is 0 Å². The van der Waals surface area contributed by atoms with Crippen LogP contribution in [0.1, 0.15) is 19.4 Å². The molecule has 0 saturated heterocycles. The summed E-state index contributed by atoms with van der Waals surface area (Å²) in [6.45, 7) is 6.22. The molecule has 0 aliphatic heterocycles. The zero-order valence-electron chi connectivity index (χ0n) is 11.7. The SMILES string of the molecule is CCN(c1ccc(Cl)cc1CO)C(C)CN(C)C. The van der Waals surface area contributed by atoms with Crippen molar-refractivity contribution in [2.24, 2.45) is 0 Å². The Labute approximate surface area is 115 Å². The number of likely N-dealkylation sites (N-methyl/N-ethyl adjacent to an activating group) is 2. The summed E-state index contributed by atoms with van der Waals surface area (Å²) in [6.07, 6.45) is 0. The fourth-order valence-corrected chi connectivity index (χ4v) is 2.50. The van der Waals surface area contributed by atoms with Gasteiger partial charge in [0, 0.05) is 35.4 Å². The second kappa shape index (κ2) is 6.98. The zero-order chi connectivity index (χ0) is 13.7. The summed E-state index contributed by atoms with van der Waals surface area (Å²) in [7, 11) is 4.14. The third kappa shape index (κ3) is 3.87. The van der Waals surface area contributed by atoms with Crippen LogP contribution in [0.4, 0.5) is 5.69 Å². The number of halogens is 1. The molecule has 0 saturated carbocycles. The average Bonchev–Trinajstić information content (AvgIpc) is 2.30. The molecular formula is C14H23ClN2O. The van der Waals surface area contributed by atoms with Gasteiger partial charge in [0.1, 0.15) is 0 Å². The molecule has 1 rings (SSSR count). The maximum Gasteiger partial charge on any atom is 0.0702 e. The van der Waals surface area contributed by atoms with E-state index < -0.39 is 0 Å². The minimum Gasteiger partial charge on any atom is -0.392 e. The predicted octanol–water partition coefficient (Wildman–Crippen LogP) is 2.61. The fraction of sp³-hybridized carbons (Fsp3) is 0.571. The van der Waals surface area contributed by atoms with E-state index in [1.54, 1.807) is 0 Å². The lowest BCUT2D eigenvalue weighted by molar-refractivity contribution is 0.281. The van der Waals surface area contributed by atoms with Gasteiger partial charge in [0.25, 0.3) is 0 Å². The molecular weight excluding hydrogens is 248 g/mol. The van der Waals surface area contributed by atoms with Gasteiger partial charge in [-0.1, -0.05) is 11.6 Å². The first-order chi connectivity index (χ1) is 8.49. The zero-order valence-corrected chi connectivity index (χ0v) is 12.4. The summed E-state index contributed by atoms with van der Waals surface area (Å²) < 4.78 is 0. The molecule has 0 aromatic heterocycles. The lowest BCUT2D eigenvalue weighted by Gasteiger charge is -2.33. The number of rotatable bonds is 6. The lowest BCUT2D eigenvalue weighted by Crippen LogP contribution is -2.40. The number of nitrogens with zero attached hydrogens (tertiary/aromatic N) is 2. The van der Waals surface area contributed by atoms with E-state index in [1.165, 1.54) is 0 Å². The van der Waals surface area contributed by atoms with Crippen LogP contribution in [0.3, 0.4) is 0 Å². The van der Waals surface area contributed by atoms with Crippen LogP contribution in [-0.4, -0.2) is 43.2 Å². The largest absolute Gasteiger partial charge is 0.392 e. The third-order valence-electron chi connectivity index (χ3n) is 3.02. The number of hydrogen-bond acceptors (Lipinski definition) is 3. The quantitative estimate of drug-likeness (QED) is 0.861. The van der Waals surface area contributed by atoms with E-state index in [0.29, 0.717) is 11.1 Å². The van der Waals surface area contributed by atoms with E-state index in [1.807, 2.05) is 18.2 Å². The first-order valence-corrected chi connectivity index (χ1v) is 6.68. The van der Waals surface area contributed by atoms with Gasteiger partial charge >= 0.3 is 0 Å². The van der Waals surface area contributed by atoms with Crippen LogP contribution in [0.2, 0.25) is 5.02 Å². The molecule has 0 bridgehead atoms. The maximum absolute atomic E-state index is 9.46. The molecule has 1 N–H and O–H groups in total. The molecule has 1 unspecified atom stereocenters. The molecule has 4 heteroatoms. The molecule has 0 amide bonds. The molecule has 0 aliphatic carbocycles. The number of anilines is 1. The van der Waals surface area contributed by atoms with E-state index in [9.17, 15) is 5.11 Å². The van der Waals surface area contributed by atoms with Gasteiger partial charge in [-0.3, -0.25) is 0 Å². The molecule has 102 valence electrons. The van der Waals surface area contributed by atoms with Crippen LogP contribution in [0, 0.1) is 0 Å². The van der Waals surface area contributed by atoms with Gasteiger partial charge in [-0.25, -0.2) is 0 Å². The Balaban J connectivity index is 3.00. The molecule has 3 nitrogen and oxygen atoms in total. The standard InChI is InChI=1S/C14H23ClN2O/c1-5-17(11(2)9-16(3)4)14-7-6-13(15)8-12(14)10-18/h6-8,11,18H,5,9-10H2,1-4H3. The van der Waals surface area contributed by atoms with Crippen molar-refractivity contribution in [1.29, 1.82) is 0 Å². The lowest BCUT2D eigenvalue weighted by atomic mass is 10.1. The van der Waals surface area contributed by atoms with Crippen LogP contribution in [0.15, 0.2) is 18.2 Å². The molecule has 0 heterocycles. The van der Waals surface area contributed by atoms with Gasteiger partial charge in [-0.15, -0.1) is 0 Å². The Hall–Kier alpha value is -0.770. The minimum absolute atomic E-state index is 0.0150. The van der Waals surface area contributed by atoms with Crippen LogP contribution < -0.4 is 4.90 Å². The Morgan fingerprint density at radius 2 is 2.00 bits per heavy atom. The summed E-state index contributed by atoms with van der Waals surface area (Å²) in [6, 6.07) is 6.09. The van der Waals surface area contributed by atoms with E-state index >= 15 is 0 Å². The third-order valence-corrected chi connectivity index (χ3v) is 3.26. The van der Waals surface area contributed by atoms with Crippen molar-refractivity contribution < 1.29 is 5.11 Å². The maximum atomic E-state index is 9.46. The van der Waals surface area contributed by atoms with Crippen LogP contribution in [0.25, 0.3) is 0 Å². The Morgan fingerprint density at radius 1 is 1.33 bits per heavy atom. The van der Waals surface area contributed by atoms with Gasteiger partial charge in [-0.05, 0) is 46.1 Å². The van der Waals surface area contributed by atoms with Crippen molar-refractivity contribution in [3.05, 3.63) is 28.8 Å². The molecule has 1 atom stereocenters. The smallest absolute Gasteiger partial charge is 0.0702 e. The molecule has 0 aliphatic rings. The average molecular weight is 271 g/mol. The summed E-state index contributed by atoms with van der Waals surface area (Å²) in [5.41, 5.74) is 1.95. The summed E-state index contributed by atoms with van der Waals surface area (Å²) in [5.74, 6) is 0. The highest BCUT2D eigenvalue weighted by atomic mass is 35.5. The normalized spacial score (nSPS) is 12.8. The van der Waals surface area contributed by atoms with Gasteiger partial charge in [0.2, 0.25) is 0 Å². The number of aliphatic hydroxyl groups is 1. The summed E-state index contributed by atoms with van der Waals surface area (Å²) in [5, 5.41) is 10.1. The van der Waals surface area contributed by atoms with E-state index in [-0.39, 0.29) is 6.61 Å². The molecule has 18 heavy (non-hydrogen) atoms. The highest BCUT2D eigenvalue weighted by molar-refractivity contribution is 6.30. The van der Waals surface area contributed by atoms with Crippen molar-refractivity contribution >= 4 is 17.3 Å². The van der Waals surface area contributed by atoms with Gasteiger partial charge in [0.05, 0.1) is 6.61 Å². The first kappa shape index (κ1) is 15.3. The van der Waals surface area contributed by atoms with Crippen molar-refractivity contribution in [2.75, 3.05) is 32.1 Å². The van der Waals surface area contributed by atoms with Gasteiger partial charge in [0.15, 0.2) is 0 Å². The first-order valence-electron chi connectivity index (χ1n) is 6.30. The molecule has 1 aromatic carbocycles. The van der Waals surface area contributed by atoms with Crippen LogP contribution >= 0.6 is 11.6 Å². The Bertz CT molecular complexity index is 382. The minimum atomic E-state index is 0.0150. The Kier molecular flexibility index (Phi) is 5.93. The predicted molar refractivity (Wildman–Crippen MR) is 78.4 cm³/mol. The van der Waals surface area contributed by atoms with E-state index in [4.69, 9.17) is 11.6 Å². The second-order valence-corrected chi connectivity index (χ2v) is 5.26. The Morgan fingerprint density at radius 3 is 2.50 bits per heavy atom. The number of aliphatic hydroxyl groups excluding tert-OH is 1. The van der Waals surface area contributed by atoms with E-state index in [0.717, 1.165) is 24.3 Å². The molecule has 0 radical (unpaired) electrons. The highest BCUT2D eigenvalue weighted by Gasteiger charge is 2.16. The number of benzene rings is 1. The van der Waals surface area contributed by atoms with Crippen molar-refractivity contribution in [3.8, 4) is 0 Å². The number of hydrogen-bond donors (Lipinski definition) is 1. The molecule has 0 spiro atoms. The molecule has 1 aromatic rings. The van der Waals surface area contributed by atoms with Gasteiger partial charge < -0.3 is 14.9 Å². The summed E-state index contributed by atoms with van der Waals surface area (Å²) in [4.78, 5) is 4.46. The monoisotopic (exact) mass is 270 g/mol. The van der Waals surface area contributed by atoms with E-state index in [2.05, 4.69) is 37.7 Å².